The van der Waals surface area contributed by atoms with E-state index in [2.05, 4.69) is 0 Å². The lowest BCUT2D eigenvalue weighted by atomic mass is 10.2. The van der Waals surface area contributed by atoms with E-state index in [9.17, 15) is 12.8 Å². The number of nitrogens with zero attached hydrogens (tertiary/aromatic N) is 1. The van der Waals surface area contributed by atoms with Crippen molar-refractivity contribution >= 4 is 21.8 Å². The van der Waals surface area contributed by atoms with Crippen molar-refractivity contribution in [2.45, 2.75) is 34.8 Å². The summed E-state index contributed by atoms with van der Waals surface area (Å²) in [5.74, 6) is -0.238. The van der Waals surface area contributed by atoms with Gasteiger partial charge in [0.15, 0.2) is 0 Å². The highest BCUT2D eigenvalue weighted by Gasteiger charge is 2.29. The molecule has 2 aromatic carbocycles. The highest BCUT2D eigenvalue weighted by Crippen LogP contribution is 2.32. The normalized spacial score (nSPS) is 17.1. The summed E-state index contributed by atoms with van der Waals surface area (Å²) in [5.41, 5.74) is 1.04. The van der Waals surface area contributed by atoms with Crippen molar-refractivity contribution in [3.8, 4) is 0 Å². The molecule has 2 aromatic rings. The van der Waals surface area contributed by atoms with Crippen LogP contribution < -0.4 is 0 Å². The molecule has 0 bridgehead atoms. The molecule has 0 aromatic heterocycles. The lowest BCUT2D eigenvalue weighted by Gasteiger charge is -2.31. The minimum atomic E-state index is -3.41. The molecular formula is C18H20FNO2S2. The molecule has 1 saturated heterocycles. The zero-order valence-corrected chi connectivity index (χ0v) is 15.1. The SMILES string of the molecule is Cc1ccc(S(=O)(=O)N2CCC(Sc3ccc(F)cc3)CC2)cc1. The number of hydrogen-bond acceptors (Lipinski definition) is 3. The number of thioether (sulfide) groups is 1. The average molecular weight is 365 g/mol. The van der Waals surface area contributed by atoms with E-state index in [0.717, 1.165) is 23.3 Å². The molecule has 1 aliphatic heterocycles. The second kappa shape index (κ2) is 7.25. The molecule has 128 valence electrons. The summed E-state index contributed by atoms with van der Waals surface area (Å²) in [6, 6.07) is 13.4. The lowest BCUT2D eigenvalue weighted by Crippen LogP contribution is -2.39. The van der Waals surface area contributed by atoms with Gasteiger partial charge in [-0.1, -0.05) is 17.7 Å². The highest BCUT2D eigenvalue weighted by molar-refractivity contribution is 8.00. The van der Waals surface area contributed by atoms with Crippen LogP contribution in [0.25, 0.3) is 0 Å². The first-order valence-corrected chi connectivity index (χ1v) is 10.3. The van der Waals surface area contributed by atoms with Crippen molar-refractivity contribution in [1.29, 1.82) is 0 Å². The van der Waals surface area contributed by atoms with Crippen LogP contribution in [0.5, 0.6) is 0 Å². The van der Waals surface area contributed by atoms with Crippen LogP contribution >= 0.6 is 11.8 Å². The molecule has 1 aliphatic rings. The van der Waals surface area contributed by atoms with Crippen LogP contribution in [0.2, 0.25) is 0 Å². The number of piperidine rings is 1. The molecule has 1 heterocycles. The van der Waals surface area contributed by atoms with Crippen LogP contribution in [0.4, 0.5) is 4.39 Å². The molecule has 0 aliphatic carbocycles. The number of rotatable bonds is 4. The molecule has 0 spiro atoms. The minimum absolute atomic E-state index is 0.238. The van der Waals surface area contributed by atoms with Gasteiger partial charge in [0, 0.05) is 23.2 Å². The van der Waals surface area contributed by atoms with E-state index in [-0.39, 0.29) is 5.82 Å². The van der Waals surface area contributed by atoms with Gasteiger partial charge in [0.05, 0.1) is 4.90 Å². The van der Waals surface area contributed by atoms with Crippen molar-refractivity contribution in [3.63, 3.8) is 0 Å². The van der Waals surface area contributed by atoms with Crippen LogP contribution in [-0.2, 0) is 10.0 Å². The van der Waals surface area contributed by atoms with E-state index in [1.165, 1.54) is 12.1 Å². The molecular weight excluding hydrogens is 345 g/mol. The molecule has 0 saturated carbocycles. The highest BCUT2D eigenvalue weighted by atomic mass is 32.2. The smallest absolute Gasteiger partial charge is 0.207 e. The Hall–Kier alpha value is -1.37. The van der Waals surface area contributed by atoms with E-state index < -0.39 is 10.0 Å². The quantitative estimate of drug-likeness (QED) is 0.819. The number of halogens is 1. The number of aryl methyl sites for hydroxylation is 1. The maximum atomic E-state index is 13.0. The number of sulfonamides is 1. The summed E-state index contributed by atoms with van der Waals surface area (Å²) in [4.78, 5) is 1.38. The van der Waals surface area contributed by atoms with Gasteiger partial charge in [0.25, 0.3) is 0 Å². The van der Waals surface area contributed by atoms with Crippen molar-refractivity contribution in [3.05, 3.63) is 59.9 Å². The first kappa shape index (κ1) is 17.5. The minimum Gasteiger partial charge on any atom is -0.207 e. The molecule has 0 atom stereocenters. The van der Waals surface area contributed by atoms with Crippen LogP contribution in [0.15, 0.2) is 58.3 Å². The van der Waals surface area contributed by atoms with E-state index in [4.69, 9.17) is 0 Å². The summed E-state index contributed by atoms with van der Waals surface area (Å²) >= 11 is 1.70. The topological polar surface area (TPSA) is 37.4 Å². The van der Waals surface area contributed by atoms with Crippen LogP contribution in [0, 0.1) is 12.7 Å². The standard InChI is InChI=1S/C18H20FNO2S2/c1-14-2-8-18(9-3-14)24(21,22)20-12-10-17(11-13-20)23-16-6-4-15(19)5-7-16/h2-9,17H,10-13H2,1H3. The van der Waals surface area contributed by atoms with E-state index in [1.807, 2.05) is 19.1 Å². The Bertz CT molecular complexity index is 781. The van der Waals surface area contributed by atoms with Gasteiger partial charge < -0.3 is 0 Å². The molecule has 6 heteroatoms. The zero-order valence-electron chi connectivity index (χ0n) is 13.5. The summed E-state index contributed by atoms with van der Waals surface area (Å²) < 4.78 is 39.9. The fraction of sp³-hybridized carbons (Fsp3) is 0.333. The average Bonchev–Trinajstić information content (AvgIpc) is 2.58. The Kier molecular flexibility index (Phi) is 5.27. The summed E-state index contributed by atoms with van der Waals surface area (Å²) in [6.45, 7) is 2.98. The first-order valence-electron chi connectivity index (χ1n) is 7.94. The Morgan fingerprint density at radius 1 is 1.00 bits per heavy atom. The summed E-state index contributed by atoms with van der Waals surface area (Å²) in [7, 11) is -3.41. The van der Waals surface area contributed by atoms with Crippen LogP contribution in [0.1, 0.15) is 18.4 Å². The molecule has 3 rings (SSSR count). The summed E-state index contributed by atoms with van der Waals surface area (Å²) in [6.07, 6.45) is 1.60. The van der Waals surface area contributed by atoms with Crippen molar-refractivity contribution < 1.29 is 12.8 Å². The monoisotopic (exact) mass is 365 g/mol. The maximum absolute atomic E-state index is 13.0. The van der Waals surface area contributed by atoms with E-state index in [1.54, 1.807) is 40.3 Å². The number of hydrogen-bond donors (Lipinski definition) is 0. The first-order chi connectivity index (χ1) is 11.4. The summed E-state index contributed by atoms with van der Waals surface area (Å²) in [5, 5.41) is 0.361. The van der Waals surface area contributed by atoms with Gasteiger partial charge in [0.2, 0.25) is 10.0 Å². The van der Waals surface area contributed by atoms with Gasteiger partial charge in [-0.3, -0.25) is 0 Å². The molecule has 0 radical (unpaired) electrons. The molecule has 24 heavy (non-hydrogen) atoms. The third-order valence-electron chi connectivity index (χ3n) is 4.18. The predicted molar refractivity (Wildman–Crippen MR) is 95.2 cm³/mol. The van der Waals surface area contributed by atoms with Crippen molar-refractivity contribution in [2.24, 2.45) is 0 Å². The maximum Gasteiger partial charge on any atom is 0.243 e. The van der Waals surface area contributed by atoms with Gasteiger partial charge >= 0.3 is 0 Å². The van der Waals surface area contributed by atoms with Gasteiger partial charge in [-0.25, -0.2) is 12.8 Å². The fourth-order valence-electron chi connectivity index (χ4n) is 2.76. The van der Waals surface area contributed by atoms with E-state index >= 15 is 0 Å². The Morgan fingerprint density at radius 3 is 2.17 bits per heavy atom. The Morgan fingerprint density at radius 2 is 1.58 bits per heavy atom. The third-order valence-corrected chi connectivity index (χ3v) is 7.44. The number of benzene rings is 2. The van der Waals surface area contributed by atoms with Crippen molar-refractivity contribution in [2.75, 3.05) is 13.1 Å². The van der Waals surface area contributed by atoms with Gasteiger partial charge in [0.1, 0.15) is 5.82 Å². The third kappa shape index (κ3) is 3.99. The second-order valence-corrected chi connectivity index (χ2v) is 9.30. The van der Waals surface area contributed by atoms with Gasteiger partial charge in [-0.15, -0.1) is 11.8 Å². The fourth-order valence-corrected chi connectivity index (χ4v) is 5.35. The Balaban J connectivity index is 1.62. The zero-order chi connectivity index (χ0) is 17.2. The largest absolute Gasteiger partial charge is 0.243 e. The van der Waals surface area contributed by atoms with E-state index in [0.29, 0.717) is 23.2 Å². The lowest BCUT2D eigenvalue weighted by molar-refractivity contribution is 0.352. The van der Waals surface area contributed by atoms with Crippen LogP contribution in [0.3, 0.4) is 0 Å². The molecule has 0 N–H and O–H groups in total. The van der Waals surface area contributed by atoms with Crippen LogP contribution in [-0.4, -0.2) is 31.1 Å². The van der Waals surface area contributed by atoms with Gasteiger partial charge in [-0.05, 0) is 56.2 Å². The molecule has 0 unspecified atom stereocenters. The van der Waals surface area contributed by atoms with Crippen molar-refractivity contribution in [1.82, 2.24) is 4.31 Å². The van der Waals surface area contributed by atoms with Gasteiger partial charge in [-0.2, -0.15) is 4.31 Å². The Labute approximate surface area is 146 Å². The molecule has 3 nitrogen and oxygen atoms in total. The molecule has 0 amide bonds. The second-order valence-electron chi connectivity index (χ2n) is 5.99. The predicted octanol–water partition coefficient (Wildman–Crippen LogP) is 4.08. The molecule has 1 fully saturated rings.